The molecule has 0 radical (unpaired) electrons. The van der Waals surface area contributed by atoms with Gasteiger partial charge in [-0.3, -0.25) is 0 Å². The van der Waals surface area contributed by atoms with E-state index in [1.165, 1.54) is 11.8 Å². The summed E-state index contributed by atoms with van der Waals surface area (Å²) >= 11 is 1.45. The summed E-state index contributed by atoms with van der Waals surface area (Å²) in [6.07, 6.45) is -0.733. The van der Waals surface area contributed by atoms with Crippen LogP contribution in [0.3, 0.4) is 0 Å². The number of nitrogens with one attached hydrogen (secondary N) is 1. The van der Waals surface area contributed by atoms with Crippen LogP contribution in [0.5, 0.6) is 0 Å². The van der Waals surface area contributed by atoms with Gasteiger partial charge in [0.2, 0.25) is 0 Å². The molecule has 0 spiro atoms. The molecule has 7 heteroatoms. The van der Waals surface area contributed by atoms with Gasteiger partial charge in [0.1, 0.15) is 22.8 Å². The van der Waals surface area contributed by atoms with Crippen LogP contribution in [0.25, 0.3) is 44.2 Å². The predicted octanol–water partition coefficient (Wildman–Crippen LogP) is 8.13. The summed E-state index contributed by atoms with van der Waals surface area (Å²) in [4.78, 5) is 23.6. The normalized spacial score (nSPS) is 12.4. The molecule has 0 saturated carbocycles. The van der Waals surface area contributed by atoms with Crippen molar-refractivity contribution in [2.24, 2.45) is 0 Å². The second-order valence-corrected chi connectivity index (χ2v) is 11.6. The van der Waals surface area contributed by atoms with Crippen molar-refractivity contribution in [2.75, 3.05) is 5.75 Å². The summed E-state index contributed by atoms with van der Waals surface area (Å²) in [7, 11) is 0. The lowest BCUT2D eigenvalue weighted by molar-refractivity contribution is -0.138. The van der Waals surface area contributed by atoms with E-state index in [0.29, 0.717) is 5.75 Å². The number of fused-ring (bicyclic) bond motifs is 3. The Morgan fingerprint density at radius 1 is 0.875 bits per heavy atom. The first-order valence-corrected chi connectivity index (χ1v) is 14.2. The van der Waals surface area contributed by atoms with Crippen LogP contribution < -0.4 is 5.32 Å². The second kappa shape index (κ2) is 11.5. The number of aliphatic carboxylic acids is 1. The third-order valence-corrected chi connectivity index (χ3v) is 7.51. The van der Waals surface area contributed by atoms with Crippen molar-refractivity contribution < 1.29 is 23.8 Å². The van der Waals surface area contributed by atoms with Crippen molar-refractivity contribution in [1.82, 2.24) is 5.32 Å². The lowest BCUT2D eigenvalue weighted by atomic mass is 9.97. The molecule has 0 aliphatic heterocycles. The first-order valence-electron chi connectivity index (χ1n) is 13.1. The molecule has 40 heavy (non-hydrogen) atoms. The van der Waals surface area contributed by atoms with Gasteiger partial charge < -0.3 is 19.6 Å². The summed E-state index contributed by atoms with van der Waals surface area (Å²) in [6.45, 7) is 5.20. The minimum Gasteiger partial charge on any atom is -0.480 e. The second-order valence-electron chi connectivity index (χ2n) is 10.6. The highest BCUT2D eigenvalue weighted by Crippen LogP contribution is 2.36. The van der Waals surface area contributed by atoms with E-state index in [1.807, 2.05) is 30.3 Å². The number of carboxylic acids is 1. The van der Waals surface area contributed by atoms with Crippen LogP contribution in [0.4, 0.5) is 4.79 Å². The Hall–Kier alpha value is -4.23. The fourth-order valence-corrected chi connectivity index (χ4v) is 5.56. The molecule has 1 heterocycles. The van der Waals surface area contributed by atoms with Crippen molar-refractivity contribution in [1.29, 1.82) is 0 Å². The van der Waals surface area contributed by atoms with Crippen LogP contribution in [-0.4, -0.2) is 34.6 Å². The van der Waals surface area contributed by atoms with Crippen molar-refractivity contribution in [2.45, 2.75) is 38.2 Å². The van der Waals surface area contributed by atoms with Crippen LogP contribution in [0.15, 0.2) is 95.4 Å². The number of carbonyl (C=O) groups is 2. The monoisotopic (exact) mass is 553 g/mol. The highest BCUT2D eigenvalue weighted by atomic mass is 32.2. The highest BCUT2D eigenvalue weighted by Gasteiger charge is 2.24. The highest BCUT2D eigenvalue weighted by molar-refractivity contribution is 7.98. The Morgan fingerprint density at radius 2 is 1.57 bits per heavy atom. The van der Waals surface area contributed by atoms with Crippen molar-refractivity contribution in [3.63, 3.8) is 0 Å². The maximum atomic E-state index is 12.0. The van der Waals surface area contributed by atoms with Gasteiger partial charge in [-0.05, 0) is 55.2 Å². The zero-order valence-corrected chi connectivity index (χ0v) is 23.5. The number of amides is 1. The van der Waals surface area contributed by atoms with Crippen LogP contribution >= 0.6 is 11.8 Å². The van der Waals surface area contributed by atoms with E-state index < -0.39 is 23.7 Å². The van der Waals surface area contributed by atoms with Crippen molar-refractivity contribution in [3.8, 4) is 22.3 Å². The number of carboxylic acid groups (broad SMARTS) is 1. The molecule has 4 aromatic carbocycles. The molecule has 0 saturated heterocycles. The number of furan rings is 1. The number of thioether (sulfide) groups is 1. The smallest absolute Gasteiger partial charge is 0.408 e. The van der Waals surface area contributed by atoms with Gasteiger partial charge in [0.15, 0.2) is 0 Å². The molecule has 5 rings (SSSR count). The minimum absolute atomic E-state index is 0.228. The van der Waals surface area contributed by atoms with Gasteiger partial charge in [0.05, 0.1) is 0 Å². The standard InChI is InChI=1S/C33H31NO5S/c1-33(2,3)39-32(37)34-28(31(35)36)20-40-19-21-14-16-22(17-15-21)23-8-6-9-24(18-23)25-11-7-12-27-26-10-4-5-13-29(26)38-30(25)27/h4-18,28H,19-20H2,1-3H3,(H,34,37)(H,35,36). The molecule has 0 aliphatic carbocycles. The summed E-state index contributed by atoms with van der Waals surface area (Å²) in [5.74, 6) is -0.244. The van der Waals surface area contributed by atoms with E-state index >= 15 is 0 Å². The van der Waals surface area contributed by atoms with Crippen molar-refractivity contribution >= 4 is 45.8 Å². The van der Waals surface area contributed by atoms with Gasteiger partial charge in [-0.15, -0.1) is 0 Å². The Morgan fingerprint density at radius 3 is 2.33 bits per heavy atom. The van der Waals surface area contributed by atoms with Crippen molar-refractivity contribution in [3.05, 3.63) is 96.6 Å². The first-order chi connectivity index (χ1) is 19.2. The zero-order valence-electron chi connectivity index (χ0n) is 22.6. The SMILES string of the molecule is CC(C)(C)OC(=O)NC(CSCc1ccc(-c2cccc(-c3cccc4c3oc3ccccc34)c2)cc1)C(=O)O. The summed E-state index contributed by atoms with van der Waals surface area (Å²) in [5, 5.41) is 14.1. The van der Waals surface area contributed by atoms with E-state index in [4.69, 9.17) is 9.15 Å². The molecule has 1 amide bonds. The van der Waals surface area contributed by atoms with Gasteiger partial charge in [-0.2, -0.15) is 11.8 Å². The van der Waals surface area contributed by atoms with Gasteiger partial charge in [-0.25, -0.2) is 9.59 Å². The number of para-hydroxylation sites is 2. The maximum absolute atomic E-state index is 12.0. The average molecular weight is 554 g/mol. The van der Waals surface area contributed by atoms with Gasteiger partial charge >= 0.3 is 12.1 Å². The molecule has 5 aromatic rings. The van der Waals surface area contributed by atoms with Crippen LogP contribution in [0.2, 0.25) is 0 Å². The molecule has 204 valence electrons. The predicted molar refractivity (Wildman–Crippen MR) is 162 cm³/mol. The fraction of sp³-hybridized carbons (Fsp3) is 0.212. The Labute approximate surface area is 237 Å². The summed E-state index contributed by atoms with van der Waals surface area (Å²) < 4.78 is 11.4. The first kappa shape index (κ1) is 27.3. The van der Waals surface area contributed by atoms with Gasteiger partial charge in [-0.1, -0.05) is 78.9 Å². The third-order valence-electron chi connectivity index (χ3n) is 6.41. The van der Waals surface area contributed by atoms with E-state index in [1.54, 1.807) is 20.8 Å². The lowest BCUT2D eigenvalue weighted by Crippen LogP contribution is -2.44. The number of ether oxygens (including phenoxy) is 1. The molecule has 2 N–H and O–H groups in total. The van der Waals surface area contributed by atoms with Gasteiger partial charge in [0.25, 0.3) is 0 Å². The Bertz CT molecular complexity index is 1670. The molecule has 1 aromatic heterocycles. The number of benzene rings is 4. The average Bonchev–Trinajstić information content (AvgIpc) is 3.31. The number of rotatable bonds is 8. The third kappa shape index (κ3) is 6.32. The number of hydrogen-bond acceptors (Lipinski definition) is 5. The molecular formula is C33H31NO5S. The number of alkyl carbamates (subject to hydrolysis) is 1. The van der Waals surface area contributed by atoms with Crippen LogP contribution in [0, 0.1) is 0 Å². The summed E-state index contributed by atoms with van der Waals surface area (Å²) in [5.41, 5.74) is 6.45. The lowest BCUT2D eigenvalue weighted by Gasteiger charge is -2.21. The van der Waals surface area contributed by atoms with Crippen LogP contribution in [0.1, 0.15) is 26.3 Å². The molecule has 0 aliphatic rings. The van der Waals surface area contributed by atoms with E-state index in [-0.39, 0.29) is 5.75 Å². The largest absolute Gasteiger partial charge is 0.480 e. The van der Waals surface area contributed by atoms with E-state index in [0.717, 1.165) is 49.8 Å². The topological polar surface area (TPSA) is 88.8 Å². The van der Waals surface area contributed by atoms with E-state index in [9.17, 15) is 14.7 Å². The number of hydrogen-bond donors (Lipinski definition) is 2. The zero-order chi connectivity index (χ0) is 28.3. The summed E-state index contributed by atoms with van der Waals surface area (Å²) in [6, 6.07) is 30.0. The van der Waals surface area contributed by atoms with Gasteiger partial charge in [0, 0.05) is 27.8 Å². The maximum Gasteiger partial charge on any atom is 0.408 e. The fourth-order valence-electron chi connectivity index (χ4n) is 4.55. The molecule has 0 fully saturated rings. The number of carbonyl (C=O) groups excluding carboxylic acids is 1. The molecule has 1 unspecified atom stereocenters. The quantitative estimate of drug-likeness (QED) is 0.202. The van der Waals surface area contributed by atoms with E-state index in [2.05, 4.69) is 66.0 Å². The molecule has 6 nitrogen and oxygen atoms in total. The molecule has 1 atom stereocenters. The molecular weight excluding hydrogens is 522 g/mol. The Balaban J connectivity index is 1.27. The minimum atomic E-state index is -1.09. The van der Waals surface area contributed by atoms with Crippen LogP contribution in [-0.2, 0) is 15.3 Å². The molecule has 0 bridgehead atoms. The Kier molecular flexibility index (Phi) is 7.85.